The molecule has 0 spiro atoms. The van der Waals surface area contributed by atoms with Gasteiger partial charge in [-0.3, -0.25) is 24.0 Å². The number of Topliss-reactive ketones (excluding diaryl/α,β-unsaturated/α-hetero) is 5. The maximum absolute atomic E-state index is 12.9. The highest BCUT2D eigenvalue weighted by Crippen LogP contribution is 2.38. The van der Waals surface area contributed by atoms with Crippen LogP contribution in [0.5, 0.6) is 28.7 Å². The van der Waals surface area contributed by atoms with Crippen molar-refractivity contribution in [3.8, 4) is 28.7 Å². The van der Waals surface area contributed by atoms with E-state index in [0.29, 0.717) is 53.0 Å². The number of ether oxygens (including phenoxy) is 6. The molecule has 678 valence electrons. The summed E-state index contributed by atoms with van der Waals surface area (Å²) in [5.41, 5.74) is 0.158. The van der Waals surface area contributed by atoms with Crippen molar-refractivity contribution in [2.75, 3.05) is 54.4 Å². The second kappa shape index (κ2) is 47.6. The first kappa shape index (κ1) is 103. The molecule has 10 aromatic carbocycles. The Balaban J connectivity index is 0.000000213. The zero-order chi connectivity index (χ0) is 94.4. The van der Waals surface area contributed by atoms with E-state index in [1.165, 1.54) is 90.2 Å². The summed E-state index contributed by atoms with van der Waals surface area (Å²) < 4.78 is 96.8. The van der Waals surface area contributed by atoms with E-state index in [2.05, 4.69) is 17.9 Å². The summed E-state index contributed by atoms with van der Waals surface area (Å²) in [7, 11) is -0.858. The highest BCUT2D eigenvalue weighted by atomic mass is 32.2. The number of phenolic OH excluding ortho intramolecular Hbond substituents is 2. The third-order valence-corrected chi connectivity index (χ3v) is 23.7. The van der Waals surface area contributed by atoms with E-state index in [0.717, 1.165) is 36.6 Å². The van der Waals surface area contributed by atoms with Gasteiger partial charge in [0.1, 0.15) is 76.0 Å². The molecule has 0 radical (unpaired) electrons. The van der Waals surface area contributed by atoms with Gasteiger partial charge in [-0.25, -0.2) is 35.6 Å². The van der Waals surface area contributed by atoms with Crippen molar-refractivity contribution in [2.24, 2.45) is 0 Å². The van der Waals surface area contributed by atoms with Gasteiger partial charge in [0.05, 0.1) is 67.0 Å². The largest absolute Gasteiger partial charge is 0.507 e. The first-order chi connectivity index (χ1) is 60.2. The smallest absolute Gasteiger partial charge is 0.410 e. The molecule has 0 bridgehead atoms. The van der Waals surface area contributed by atoms with Crippen molar-refractivity contribution < 1.29 is 103 Å². The van der Waals surface area contributed by atoms with Crippen molar-refractivity contribution in [2.45, 2.75) is 175 Å². The number of fused-ring (bicyclic) bond motifs is 3. The van der Waals surface area contributed by atoms with Gasteiger partial charge in [0, 0.05) is 77.5 Å². The Hall–Kier alpha value is -12.1. The predicted molar refractivity (Wildman–Crippen MR) is 491 cm³/mol. The number of aldehydes is 1. The van der Waals surface area contributed by atoms with Crippen molar-refractivity contribution in [1.82, 2.24) is 20.0 Å². The fourth-order valence-corrected chi connectivity index (χ4v) is 16.3. The molecule has 31 heteroatoms. The van der Waals surface area contributed by atoms with E-state index < -0.39 is 72.8 Å². The van der Waals surface area contributed by atoms with Crippen LogP contribution in [0.4, 0.5) is 18.8 Å². The molecule has 0 aliphatic carbocycles. The molecule has 3 aliphatic rings. The quantitative estimate of drug-likeness (QED) is 0.0268. The molecule has 10 aromatic rings. The Labute approximate surface area is 761 Å². The average molecular weight is 1840 g/mol. The first-order valence-corrected chi connectivity index (χ1v) is 45.3. The van der Waals surface area contributed by atoms with Crippen LogP contribution in [0.15, 0.2) is 287 Å². The zero-order valence-corrected chi connectivity index (χ0v) is 78.0. The standard InChI is InChI=1S/C22H25NO6S.C22H25NO4S.C17H17NO4S.C14H12O2S.C8H7FO2.C8H15NO3.C6H6S/c1-22(2,3)29-21(25)23(4)14-15-12-19(24)18-11-10-17(13-20(18)28-15)30(26,27)16-8-6-5-7-9-16;1-22(2,3)27-21(25)23(4)14-15-12-19(24)18-11-10-17(13-20(18)26-15)28-16-8-6-5-7-9-16;1-18-11-12-9-16(19)15-8-7-14(10-17(15)22-12)23(20,21)13-5-3-2-4-6-13;1-10(15)13-8-7-12(9-14(13)16)17-11-5-3-2-4-6-11;1-5(10)7-3-2-6(9)4-8(7)11;1-8(2,3)12-7(11)9(4)5-6-10;7-6-4-2-1-3-5-6/h5-11,13,15H,12,14H2,1-4H3;5-11,13,15H,12,14H2,1-4H3;2-8,10,12,18H,9,11H2,1H3;2-9,16H,1H3;2-4,11H,1H3;6H,5H2,1-4H3;1-5,7H. The number of thiol groups is 1. The maximum atomic E-state index is 12.9. The number of ketones is 5. The lowest BCUT2D eigenvalue weighted by atomic mass is 10.0. The van der Waals surface area contributed by atoms with Gasteiger partial charge in [-0.2, -0.15) is 0 Å². The van der Waals surface area contributed by atoms with Crippen LogP contribution in [0.25, 0.3) is 0 Å². The van der Waals surface area contributed by atoms with Gasteiger partial charge in [0.15, 0.2) is 28.9 Å². The number of hydrogen-bond donors (Lipinski definition) is 4. The lowest BCUT2D eigenvalue weighted by Gasteiger charge is -2.30. The van der Waals surface area contributed by atoms with Crippen molar-refractivity contribution >= 4 is 109 Å². The van der Waals surface area contributed by atoms with Gasteiger partial charge < -0.3 is 63.4 Å². The Bertz CT molecular complexity index is 5720. The molecule has 3 atom stereocenters. The van der Waals surface area contributed by atoms with E-state index >= 15 is 0 Å². The molecule has 0 aromatic heterocycles. The summed E-state index contributed by atoms with van der Waals surface area (Å²) in [4.78, 5) is 114. The Morgan fingerprint density at radius 3 is 1.12 bits per heavy atom. The highest BCUT2D eigenvalue weighted by Gasteiger charge is 2.34. The van der Waals surface area contributed by atoms with Crippen LogP contribution in [0.3, 0.4) is 0 Å². The molecular weight excluding hydrogens is 1740 g/mol. The van der Waals surface area contributed by atoms with Gasteiger partial charge in [-0.15, -0.1) is 12.6 Å². The minimum Gasteiger partial charge on any atom is -0.507 e. The molecule has 25 nitrogen and oxygen atoms in total. The van der Waals surface area contributed by atoms with Gasteiger partial charge in [-0.05, 0) is 229 Å². The molecule has 0 fully saturated rings. The Morgan fingerprint density at radius 2 is 0.773 bits per heavy atom. The van der Waals surface area contributed by atoms with E-state index in [-0.39, 0.29) is 110 Å². The molecule has 128 heavy (non-hydrogen) atoms. The SMILES string of the molecule is CC(=O)c1ccc(F)cc1O.CC(=O)c1ccc(Sc2ccccc2)cc1O.CN(CC1CC(=O)c2ccc(S(=O)(=O)c3ccccc3)cc2O1)C(=O)OC(C)(C)C.CN(CC1CC(=O)c2ccc(Sc3ccccc3)cc2O1)C(=O)OC(C)(C)C.CN(CC=O)C(=O)OC(C)(C)C.CNCC1CC(=O)c2ccc(S(=O)(=O)c3ccccc3)cc2O1.Sc1ccccc1. The molecule has 3 aliphatic heterocycles. The summed E-state index contributed by atoms with van der Waals surface area (Å²) in [5.74, 6) is -0.286. The van der Waals surface area contributed by atoms with Crippen molar-refractivity contribution in [3.63, 3.8) is 0 Å². The third-order valence-electron chi connectivity index (χ3n) is 17.9. The van der Waals surface area contributed by atoms with E-state index in [1.54, 1.807) is 147 Å². The summed E-state index contributed by atoms with van der Waals surface area (Å²) in [6.45, 7) is 19.9. The number of aromatic hydroxyl groups is 2. The lowest BCUT2D eigenvalue weighted by Crippen LogP contribution is -2.42. The predicted octanol–water partition coefficient (Wildman–Crippen LogP) is 19.3. The molecule has 3 amide bonds. The number of amides is 3. The molecule has 13 rings (SSSR count). The molecule has 3 unspecified atom stereocenters. The topological polar surface area (TPSA) is 339 Å². The fourth-order valence-electron chi connectivity index (χ4n) is 11.8. The Morgan fingerprint density at radius 1 is 0.445 bits per heavy atom. The third kappa shape index (κ3) is 32.9. The number of carbonyl (C=O) groups is 9. The monoisotopic (exact) mass is 1840 g/mol. The second-order valence-corrected chi connectivity index (χ2v) is 38.8. The lowest BCUT2D eigenvalue weighted by molar-refractivity contribution is -0.108. The highest BCUT2D eigenvalue weighted by molar-refractivity contribution is 7.99. The number of hydrogen-bond acceptors (Lipinski definition) is 25. The summed E-state index contributed by atoms with van der Waals surface area (Å²) >= 11 is 7.25. The molecule has 3 N–H and O–H groups in total. The van der Waals surface area contributed by atoms with Crippen LogP contribution >= 0.6 is 36.2 Å². The van der Waals surface area contributed by atoms with Gasteiger partial charge in [0.2, 0.25) is 19.7 Å². The maximum Gasteiger partial charge on any atom is 0.410 e. The van der Waals surface area contributed by atoms with E-state index in [1.807, 2.05) is 136 Å². The zero-order valence-electron chi connectivity index (χ0n) is 73.8. The van der Waals surface area contributed by atoms with Gasteiger partial charge in [0.25, 0.3) is 0 Å². The fraction of sp³-hybridized carbons (Fsp3) is 0.289. The summed E-state index contributed by atoms with van der Waals surface area (Å²) in [5, 5.41) is 21.7. The van der Waals surface area contributed by atoms with Crippen LogP contribution in [0.2, 0.25) is 0 Å². The van der Waals surface area contributed by atoms with Gasteiger partial charge in [-0.1, -0.05) is 115 Å². The molecule has 0 saturated carbocycles. The van der Waals surface area contributed by atoms with Crippen molar-refractivity contribution in [1.29, 1.82) is 0 Å². The number of halogens is 1. The molecular formula is C97H107FN4O21S5. The number of phenols is 2. The normalized spacial score (nSPS) is 14.2. The van der Waals surface area contributed by atoms with E-state index in [9.17, 15) is 69.5 Å². The number of rotatable bonds is 18. The number of carbonyl (C=O) groups excluding carboxylic acids is 9. The van der Waals surface area contributed by atoms with Crippen LogP contribution in [0.1, 0.15) is 147 Å². The van der Waals surface area contributed by atoms with Crippen LogP contribution in [-0.4, -0.2) is 185 Å². The van der Waals surface area contributed by atoms with Crippen LogP contribution in [-0.2, 0) is 38.7 Å². The Kier molecular flexibility index (Phi) is 38.3. The molecule has 0 saturated heterocycles. The van der Waals surface area contributed by atoms with Crippen LogP contribution < -0.4 is 19.5 Å². The van der Waals surface area contributed by atoms with Crippen molar-refractivity contribution in [3.05, 3.63) is 276 Å². The number of nitrogens with one attached hydrogen (secondary N) is 1. The number of benzene rings is 10. The number of likely N-dealkylation sites (N-methyl/N-ethyl adjacent to an activating group) is 4. The second-order valence-electron chi connectivity index (χ2n) is 32.1. The molecule has 3 heterocycles. The average Bonchev–Trinajstić information content (AvgIpc) is 0.766. The van der Waals surface area contributed by atoms with Crippen LogP contribution in [0, 0.1) is 5.82 Å². The van der Waals surface area contributed by atoms with E-state index in [4.69, 9.17) is 33.5 Å². The minimum absolute atomic E-state index is 0.0279. The minimum atomic E-state index is -3.74. The number of nitrogens with zero attached hydrogens (tertiary/aromatic N) is 3. The summed E-state index contributed by atoms with van der Waals surface area (Å²) in [6.07, 6.45) is -1.43. The number of sulfone groups is 2. The summed E-state index contributed by atoms with van der Waals surface area (Å²) in [6, 6.07) is 68.7. The van der Waals surface area contributed by atoms with Gasteiger partial charge >= 0.3 is 18.3 Å². The first-order valence-electron chi connectivity index (χ1n) is 40.3.